The first kappa shape index (κ1) is 23.2. The topological polar surface area (TPSA) is 75.7 Å². The van der Waals surface area contributed by atoms with Gasteiger partial charge in [0.25, 0.3) is 0 Å². The highest BCUT2D eigenvalue weighted by Gasteiger charge is 2.68. The zero-order chi connectivity index (χ0) is 20.3. The molecule has 0 spiro atoms. The minimum absolute atomic E-state index is 0.0982. The summed E-state index contributed by atoms with van der Waals surface area (Å²) in [5, 5.41) is 11.0. The van der Waals surface area contributed by atoms with Gasteiger partial charge in [0.05, 0.1) is 5.56 Å². The third-order valence-corrected chi connectivity index (χ3v) is 4.35. The average molecular weight is 611 g/mol. The highest BCUT2D eigenvalue weighted by molar-refractivity contribution is 14.1. The Labute approximate surface area is 169 Å². The van der Waals surface area contributed by atoms with Crippen molar-refractivity contribution >= 4 is 57.1 Å². The standard InChI is InChI=1S/C13H7F6I2O5/c14-12(15,16)11(24,13(17,18)19)10(23)26-4-3-25-9(22)7-2-1-6(20)5-8(7)21/h1-2,5H,3-4H2/q-1. The van der Waals surface area contributed by atoms with Crippen LogP contribution in [0.1, 0.15) is 10.4 Å². The molecular formula is C13H7F6I2O5-. The second-order valence-corrected chi connectivity index (χ2v) is 6.98. The monoisotopic (exact) mass is 611 g/mol. The van der Waals surface area contributed by atoms with Crippen molar-refractivity contribution in [3.8, 4) is 0 Å². The molecule has 0 unspecified atom stereocenters. The number of carbonyl (C=O) groups is 2. The Balaban J connectivity index is 2.67. The fraction of sp³-hybridized carbons (Fsp3) is 0.385. The van der Waals surface area contributed by atoms with Crippen molar-refractivity contribution in [3.05, 3.63) is 30.9 Å². The van der Waals surface area contributed by atoms with Crippen LogP contribution >= 0.6 is 45.2 Å². The second-order valence-electron chi connectivity index (χ2n) is 4.57. The molecule has 1 rings (SSSR count). The molecule has 0 atom stereocenters. The van der Waals surface area contributed by atoms with Crippen LogP contribution in [0, 0.1) is 7.14 Å². The molecule has 0 aliphatic carbocycles. The van der Waals surface area contributed by atoms with Gasteiger partial charge in [-0.25, -0.2) is 4.79 Å². The summed E-state index contributed by atoms with van der Waals surface area (Å²) in [5.41, 5.74) is -5.82. The number of hydrogen-bond donors (Lipinski definition) is 0. The Hall–Kier alpha value is -0.840. The van der Waals surface area contributed by atoms with Gasteiger partial charge >= 0.3 is 24.3 Å². The van der Waals surface area contributed by atoms with E-state index in [0.29, 0.717) is 3.57 Å². The van der Waals surface area contributed by atoms with Crippen molar-refractivity contribution in [2.24, 2.45) is 0 Å². The Morgan fingerprint density at radius 1 is 0.962 bits per heavy atom. The molecule has 0 aliphatic rings. The summed E-state index contributed by atoms with van der Waals surface area (Å²) in [6, 6.07) is 4.59. The maximum atomic E-state index is 12.4. The van der Waals surface area contributed by atoms with Crippen molar-refractivity contribution in [3.63, 3.8) is 0 Å². The van der Waals surface area contributed by atoms with Gasteiger partial charge in [0.2, 0.25) is 0 Å². The molecule has 0 aliphatic heterocycles. The van der Waals surface area contributed by atoms with Crippen molar-refractivity contribution in [2.75, 3.05) is 13.2 Å². The Kier molecular flexibility index (Phi) is 7.54. The van der Waals surface area contributed by atoms with Crippen LogP contribution in [-0.2, 0) is 14.3 Å². The summed E-state index contributed by atoms with van der Waals surface area (Å²) < 4.78 is 83.8. The SMILES string of the molecule is O=C(OCCOC(=O)C([O-])(C(F)(F)F)C(F)(F)F)c1ccc(I)cc1I. The Morgan fingerprint density at radius 2 is 1.46 bits per heavy atom. The molecular weight excluding hydrogens is 604 g/mol. The molecule has 0 saturated carbocycles. The van der Waals surface area contributed by atoms with Crippen molar-refractivity contribution in [1.82, 2.24) is 0 Å². The highest BCUT2D eigenvalue weighted by Crippen LogP contribution is 2.41. The van der Waals surface area contributed by atoms with E-state index < -0.39 is 43.1 Å². The normalized spacial score (nSPS) is 12.7. The first-order valence-electron chi connectivity index (χ1n) is 6.35. The number of benzene rings is 1. The van der Waals surface area contributed by atoms with E-state index in [4.69, 9.17) is 0 Å². The second kappa shape index (κ2) is 8.45. The van der Waals surface area contributed by atoms with Crippen LogP contribution in [0.2, 0.25) is 0 Å². The van der Waals surface area contributed by atoms with E-state index >= 15 is 0 Å². The van der Waals surface area contributed by atoms with Crippen molar-refractivity contribution in [2.45, 2.75) is 18.0 Å². The molecule has 1 aromatic rings. The number of halogens is 8. The predicted molar refractivity (Wildman–Crippen MR) is 88.0 cm³/mol. The molecule has 0 aromatic heterocycles. The summed E-state index contributed by atoms with van der Waals surface area (Å²) in [6.07, 6.45) is -12.9. The lowest BCUT2D eigenvalue weighted by Crippen LogP contribution is -2.71. The quantitative estimate of drug-likeness (QED) is 0.222. The molecule has 0 amide bonds. The van der Waals surface area contributed by atoms with Gasteiger partial charge in [0, 0.05) is 7.14 Å². The first-order valence-corrected chi connectivity index (χ1v) is 8.51. The van der Waals surface area contributed by atoms with E-state index in [1.54, 1.807) is 12.1 Å². The van der Waals surface area contributed by atoms with Gasteiger partial charge in [-0.1, -0.05) is 0 Å². The molecule has 0 radical (unpaired) electrons. The van der Waals surface area contributed by atoms with Crippen LogP contribution in [0.25, 0.3) is 0 Å². The largest absolute Gasteiger partial charge is 0.828 e. The Bertz CT molecular complexity index is 675. The molecule has 1 aromatic carbocycles. The van der Waals surface area contributed by atoms with Gasteiger partial charge in [-0.15, -0.1) is 0 Å². The van der Waals surface area contributed by atoms with E-state index in [0.717, 1.165) is 3.57 Å². The number of carbonyl (C=O) groups excluding carboxylic acids is 2. The highest BCUT2D eigenvalue weighted by atomic mass is 127. The maximum absolute atomic E-state index is 12.4. The summed E-state index contributed by atoms with van der Waals surface area (Å²) in [5.74, 6) is -4.00. The number of rotatable bonds is 5. The van der Waals surface area contributed by atoms with Gasteiger partial charge in [-0.3, -0.25) is 4.79 Å². The third-order valence-electron chi connectivity index (χ3n) is 2.79. The third kappa shape index (κ3) is 5.11. The Morgan fingerprint density at radius 3 is 1.92 bits per heavy atom. The molecule has 0 fully saturated rings. The van der Waals surface area contributed by atoms with E-state index in [1.807, 2.05) is 45.2 Å². The minimum atomic E-state index is -6.45. The molecule has 5 nitrogen and oxygen atoms in total. The van der Waals surface area contributed by atoms with Crippen LogP contribution < -0.4 is 5.11 Å². The first-order chi connectivity index (χ1) is 11.7. The summed E-state index contributed by atoms with van der Waals surface area (Å²) in [4.78, 5) is 22.8. The van der Waals surface area contributed by atoms with Gasteiger partial charge in [-0.2, -0.15) is 26.3 Å². The fourth-order valence-electron chi connectivity index (χ4n) is 1.50. The zero-order valence-corrected chi connectivity index (χ0v) is 16.5. The van der Waals surface area contributed by atoms with E-state index in [2.05, 4.69) is 9.47 Å². The van der Waals surface area contributed by atoms with Gasteiger partial charge in [0.15, 0.2) is 5.60 Å². The number of alkyl halides is 6. The molecule has 0 bridgehead atoms. The molecule has 26 heavy (non-hydrogen) atoms. The average Bonchev–Trinajstić information content (AvgIpc) is 2.47. The predicted octanol–water partition coefficient (Wildman–Crippen LogP) is 2.82. The minimum Gasteiger partial charge on any atom is -0.828 e. The number of hydrogen-bond acceptors (Lipinski definition) is 5. The van der Waals surface area contributed by atoms with Gasteiger partial charge in [0.1, 0.15) is 13.2 Å². The van der Waals surface area contributed by atoms with Crippen LogP contribution in [0.5, 0.6) is 0 Å². The van der Waals surface area contributed by atoms with Crippen molar-refractivity contribution in [1.29, 1.82) is 0 Å². The maximum Gasteiger partial charge on any atom is 0.399 e. The van der Waals surface area contributed by atoms with Crippen LogP contribution in [0.15, 0.2) is 18.2 Å². The van der Waals surface area contributed by atoms with E-state index in [9.17, 15) is 41.0 Å². The molecule has 0 heterocycles. The molecule has 0 N–H and O–H groups in total. The zero-order valence-electron chi connectivity index (χ0n) is 12.2. The molecule has 146 valence electrons. The smallest absolute Gasteiger partial charge is 0.399 e. The van der Waals surface area contributed by atoms with Crippen molar-refractivity contribution < 1.29 is 50.5 Å². The van der Waals surface area contributed by atoms with E-state index in [1.165, 1.54) is 6.07 Å². The molecule has 13 heteroatoms. The lowest BCUT2D eigenvalue weighted by atomic mass is 10.0. The lowest BCUT2D eigenvalue weighted by molar-refractivity contribution is -0.574. The fourth-order valence-corrected chi connectivity index (χ4v) is 3.32. The molecule has 0 saturated heterocycles. The lowest BCUT2D eigenvalue weighted by Gasteiger charge is -2.40. The number of ether oxygens (including phenoxy) is 2. The van der Waals surface area contributed by atoms with Gasteiger partial charge < -0.3 is 14.6 Å². The number of esters is 2. The summed E-state index contributed by atoms with van der Waals surface area (Å²) in [7, 11) is 0. The summed E-state index contributed by atoms with van der Waals surface area (Å²) in [6.45, 7) is -1.99. The van der Waals surface area contributed by atoms with Crippen LogP contribution in [0.3, 0.4) is 0 Å². The summed E-state index contributed by atoms with van der Waals surface area (Å²) >= 11 is 3.80. The van der Waals surface area contributed by atoms with Crippen LogP contribution in [-0.4, -0.2) is 43.1 Å². The van der Waals surface area contributed by atoms with Crippen LogP contribution in [0.4, 0.5) is 26.3 Å². The van der Waals surface area contributed by atoms with E-state index in [-0.39, 0.29) is 5.56 Å². The van der Waals surface area contributed by atoms with Gasteiger partial charge in [-0.05, 0) is 63.4 Å².